The monoisotopic (exact) mass is 261 g/mol. The van der Waals surface area contributed by atoms with Gasteiger partial charge in [0.1, 0.15) is 0 Å². The van der Waals surface area contributed by atoms with Gasteiger partial charge < -0.3 is 14.4 Å². The molecule has 0 aliphatic heterocycles. The van der Waals surface area contributed by atoms with Gasteiger partial charge in [-0.15, -0.1) is 10.2 Å². The molecule has 1 heterocycles. The maximum atomic E-state index is 9.53. The van der Waals surface area contributed by atoms with E-state index in [1.807, 2.05) is 30.3 Å². The molecule has 0 bridgehead atoms. The number of para-hydroxylation sites is 1. The topological polar surface area (TPSA) is 62.4 Å². The molecule has 0 aliphatic carbocycles. The van der Waals surface area contributed by atoms with Gasteiger partial charge >= 0.3 is 0 Å². The second kappa shape index (κ2) is 6.33. The smallest absolute Gasteiger partial charge is 0.235 e. The molecule has 1 aromatic carbocycles. The van der Waals surface area contributed by atoms with E-state index in [-0.39, 0.29) is 12.6 Å². The van der Waals surface area contributed by atoms with Gasteiger partial charge in [-0.05, 0) is 18.6 Å². The van der Waals surface area contributed by atoms with Gasteiger partial charge in [-0.3, -0.25) is 0 Å². The number of hydrogen-bond acceptors (Lipinski definition) is 5. The van der Waals surface area contributed by atoms with E-state index in [1.54, 1.807) is 6.92 Å². The summed E-state index contributed by atoms with van der Waals surface area (Å²) in [5.74, 6) is 1.12. The predicted molar refractivity (Wildman–Crippen MR) is 72.8 cm³/mol. The maximum absolute atomic E-state index is 9.53. The molecule has 5 nitrogen and oxygen atoms in total. The van der Waals surface area contributed by atoms with Gasteiger partial charge in [-0.1, -0.05) is 25.1 Å². The lowest BCUT2D eigenvalue weighted by Crippen LogP contribution is -2.37. The van der Waals surface area contributed by atoms with Crippen molar-refractivity contribution in [1.82, 2.24) is 10.2 Å². The van der Waals surface area contributed by atoms with E-state index >= 15 is 0 Å². The predicted octanol–water partition coefficient (Wildman–Crippen LogP) is 2.16. The third kappa shape index (κ3) is 3.32. The summed E-state index contributed by atoms with van der Waals surface area (Å²) in [7, 11) is 0. The van der Waals surface area contributed by atoms with Crippen molar-refractivity contribution < 1.29 is 9.52 Å². The fraction of sp³-hybridized carbons (Fsp3) is 0.429. The summed E-state index contributed by atoms with van der Waals surface area (Å²) >= 11 is 0. The van der Waals surface area contributed by atoms with Crippen LogP contribution < -0.4 is 4.90 Å². The Hall–Kier alpha value is -1.88. The average molecular weight is 261 g/mol. The minimum absolute atomic E-state index is 0.0367. The Labute approximate surface area is 112 Å². The largest absolute Gasteiger partial charge is 0.424 e. The molecule has 0 fully saturated rings. The Morgan fingerprint density at radius 3 is 2.53 bits per heavy atom. The highest BCUT2D eigenvalue weighted by Crippen LogP contribution is 2.20. The Morgan fingerprint density at radius 1 is 1.26 bits per heavy atom. The maximum Gasteiger partial charge on any atom is 0.235 e. The summed E-state index contributed by atoms with van der Waals surface area (Å²) in [6.45, 7) is 4.42. The summed E-state index contributed by atoms with van der Waals surface area (Å²) in [5, 5.41) is 17.4. The van der Waals surface area contributed by atoms with E-state index in [1.165, 1.54) is 0 Å². The molecule has 0 radical (unpaired) electrons. The fourth-order valence-corrected chi connectivity index (χ4v) is 2.05. The molecule has 0 spiro atoms. The van der Waals surface area contributed by atoms with Crippen molar-refractivity contribution in [2.75, 3.05) is 11.5 Å². The quantitative estimate of drug-likeness (QED) is 0.863. The van der Waals surface area contributed by atoms with Crippen LogP contribution in [-0.4, -0.2) is 28.0 Å². The highest BCUT2D eigenvalue weighted by Gasteiger charge is 2.19. The SMILES string of the molecule is CCC(CO)N(Cc1nnc(C)o1)c1ccccc1. The van der Waals surface area contributed by atoms with E-state index in [9.17, 15) is 5.11 Å². The van der Waals surface area contributed by atoms with Crippen LogP contribution in [0.5, 0.6) is 0 Å². The van der Waals surface area contributed by atoms with E-state index < -0.39 is 0 Å². The molecule has 19 heavy (non-hydrogen) atoms. The van der Waals surface area contributed by atoms with Crippen LogP contribution in [0.2, 0.25) is 0 Å². The Morgan fingerprint density at radius 2 is 2.00 bits per heavy atom. The van der Waals surface area contributed by atoms with Crippen molar-refractivity contribution in [2.24, 2.45) is 0 Å². The summed E-state index contributed by atoms with van der Waals surface area (Å²) in [5.41, 5.74) is 1.04. The van der Waals surface area contributed by atoms with E-state index in [2.05, 4.69) is 22.0 Å². The lowest BCUT2D eigenvalue weighted by molar-refractivity contribution is 0.252. The number of rotatable bonds is 6. The van der Waals surface area contributed by atoms with Crippen molar-refractivity contribution >= 4 is 5.69 Å². The highest BCUT2D eigenvalue weighted by atomic mass is 16.4. The number of anilines is 1. The lowest BCUT2D eigenvalue weighted by Gasteiger charge is -2.30. The van der Waals surface area contributed by atoms with Crippen LogP contribution in [0.3, 0.4) is 0 Å². The molecular weight excluding hydrogens is 242 g/mol. The van der Waals surface area contributed by atoms with E-state index in [0.717, 1.165) is 12.1 Å². The zero-order valence-corrected chi connectivity index (χ0v) is 11.3. The fourth-order valence-electron chi connectivity index (χ4n) is 2.05. The van der Waals surface area contributed by atoms with Crippen LogP contribution in [0.1, 0.15) is 25.1 Å². The first-order chi connectivity index (χ1) is 9.24. The number of aliphatic hydroxyl groups excluding tert-OH is 1. The first-order valence-electron chi connectivity index (χ1n) is 6.46. The normalized spacial score (nSPS) is 12.4. The van der Waals surface area contributed by atoms with Crippen LogP contribution >= 0.6 is 0 Å². The summed E-state index contributed by atoms with van der Waals surface area (Å²) < 4.78 is 5.43. The Balaban J connectivity index is 2.24. The van der Waals surface area contributed by atoms with Crippen LogP contribution in [0.15, 0.2) is 34.7 Å². The second-order valence-electron chi connectivity index (χ2n) is 4.42. The van der Waals surface area contributed by atoms with Gasteiger partial charge in [-0.25, -0.2) is 0 Å². The first kappa shape index (κ1) is 13.5. The van der Waals surface area contributed by atoms with Crippen LogP contribution in [0.4, 0.5) is 5.69 Å². The molecule has 5 heteroatoms. The number of benzene rings is 1. The third-order valence-electron chi connectivity index (χ3n) is 3.08. The lowest BCUT2D eigenvalue weighted by atomic mass is 10.1. The molecule has 1 atom stereocenters. The van der Waals surface area contributed by atoms with Crippen LogP contribution in [0, 0.1) is 6.92 Å². The number of nitrogens with zero attached hydrogens (tertiary/aromatic N) is 3. The highest BCUT2D eigenvalue weighted by molar-refractivity contribution is 5.47. The van der Waals surface area contributed by atoms with Crippen molar-refractivity contribution in [1.29, 1.82) is 0 Å². The molecule has 0 amide bonds. The Bertz CT molecular complexity index is 494. The van der Waals surface area contributed by atoms with Crippen molar-refractivity contribution in [3.8, 4) is 0 Å². The number of hydrogen-bond donors (Lipinski definition) is 1. The van der Waals surface area contributed by atoms with Gasteiger partial charge in [0.2, 0.25) is 11.8 Å². The molecule has 1 aromatic heterocycles. The third-order valence-corrected chi connectivity index (χ3v) is 3.08. The van der Waals surface area contributed by atoms with Crippen molar-refractivity contribution in [3.63, 3.8) is 0 Å². The number of aryl methyl sites for hydroxylation is 1. The summed E-state index contributed by atoms with van der Waals surface area (Å²) in [4.78, 5) is 2.09. The van der Waals surface area contributed by atoms with Gasteiger partial charge in [0.25, 0.3) is 0 Å². The molecule has 0 aliphatic rings. The van der Waals surface area contributed by atoms with Gasteiger partial charge in [0, 0.05) is 12.6 Å². The van der Waals surface area contributed by atoms with Crippen LogP contribution in [0.25, 0.3) is 0 Å². The van der Waals surface area contributed by atoms with Gasteiger partial charge in [0.15, 0.2) is 0 Å². The molecule has 102 valence electrons. The molecule has 1 N–H and O–H groups in total. The molecule has 1 unspecified atom stereocenters. The zero-order valence-electron chi connectivity index (χ0n) is 11.3. The van der Waals surface area contributed by atoms with E-state index in [4.69, 9.17) is 4.42 Å². The van der Waals surface area contributed by atoms with Crippen molar-refractivity contribution in [2.45, 2.75) is 32.9 Å². The zero-order chi connectivity index (χ0) is 13.7. The summed E-state index contributed by atoms with van der Waals surface area (Å²) in [6, 6.07) is 9.99. The number of aliphatic hydroxyl groups is 1. The minimum Gasteiger partial charge on any atom is -0.424 e. The number of aromatic nitrogens is 2. The first-order valence-corrected chi connectivity index (χ1v) is 6.46. The minimum atomic E-state index is 0.0367. The molecular formula is C14H19N3O2. The van der Waals surface area contributed by atoms with Crippen molar-refractivity contribution in [3.05, 3.63) is 42.1 Å². The second-order valence-corrected chi connectivity index (χ2v) is 4.42. The van der Waals surface area contributed by atoms with Gasteiger partial charge in [-0.2, -0.15) is 0 Å². The standard InChI is InChI=1S/C14H19N3O2/c1-3-12(10-18)17(13-7-5-4-6-8-13)9-14-16-15-11(2)19-14/h4-8,12,18H,3,9-10H2,1-2H3. The summed E-state index contributed by atoms with van der Waals surface area (Å²) in [6.07, 6.45) is 0.846. The van der Waals surface area contributed by atoms with Gasteiger partial charge in [0.05, 0.1) is 19.2 Å². The van der Waals surface area contributed by atoms with E-state index in [0.29, 0.717) is 18.3 Å². The molecule has 0 saturated carbocycles. The average Bonchev–Trinajstić information content (AvgIpc) is 2.85. The molecule has 0 saturated heterocycles. The Kier molecular flexibility index (Phi) is 4.52. The molecule has 2 aromatic rings. The van der Waals surface area contributed by atoms with Crippen LogP contribution in [-0.2, 0) is 6.54 Å². The molecule has 2 rings (SSSR count).